The van der Waals surface area contributed by atoms with E-state index in [0.717, 1.165) is 48.2 Å². The van der Waals surface area contributed by atoms with Crippen LogP contribution in [0, 0.1) is 12.8 Å². The number of nitrogens with one attached hydrogen (secondary N) is 1. The number of aliphatic hydroxyl groups excluding tert-OH is 1. The zero-order valence-electron chi connectivity index (χ0n) is 27.1. The number of hydrogen-bond acceptors (Lipinski definition) is 8. The van der Waals surface area contributed by atoms with Gasteiger partial charge in [0.1, 0.15) is 20.4 Å². The molecule has 1 aliphatic rings. The third-order valence-corrected chi connectivity index (χ3v) is 10.3. The van der Waals surface area contributed by atoms with E-state index in [1.54, 1.807) is 6.92 Å². The summed E-state index contributed by atoms with van der Waals surface area (Å²) in [7, 11) is 0. The Morgan fingerprint density at radius 1 is 0.958 bits per heavy atom. The molecule has 0 radical (unpaired) electrons. The number of anilines is 1. The molecule has 11 heteroatoms. The molecule has 0 aliphatic carbocycles. The molecule has 1 aromatic heterocycles. The summed E-state index contributed by atoms with van der Waals surface area (Å²) < 4.78 is 10.7. The monoisotopic (exact) mass is 874 g/mol. The Morgan fingerprint density at radius 3 is 2.23 bits per heavy atom. The molecule has 4 aromatic rings. The molecule has 1 fully saturated rings. The molecule has 9 nitrogen and oxygen atoms in total. The van der Waals surface area contributed by atoms with E-state index in [1.807, 2.05) is 37.3 Å². The molecule has 3 aromatic carbocycles. The third kappa shape index (κ3) is 9.44. The van der Waals surface area contributed by atoms with Crippen LogP contribution in [0.4, 0.5) is 5.69 Å². The average Bonchev–Trinajstić information content (AvgIpc) is 3.11. The second kappa shape index (κ2) is 16.9. The number of rotatable bonds is 13. The van der Waals surface area contributed by atoms with Gasteiger partial charge in [-0.15, -0.1) is 0 Å². The first-order valence-electron chi connectivity index (χ1n) is 16.1. The van der Waals surface area contributed by atoms with Gasteiger partial charge in [-0.3, -0.25) is 9.59 Å². The van der Waals surface area contributed by atoms with Gasteiger partial charge >= 0.3 is 5.97 Å². The molecular weight excluding hydrogens is 834 g/mol. The van der Waals surface area contributed by atoms with Crippen LogP contribution in [0.15, 0.2) is 78.9 Å². The Hall–Kier alpha value is -3.30. The SMILES string of the molecule is CCOC(=O)CNC(=O)c1nc(CC2CCN(c3ccc(-c4ccc(C(I)(I)CO)cc4)cc3)CC2)nc(C)c1OCc1ccccc1. The fourth-order valence-electron chi connectivity index (χ4n) is 5.73. The van der Waals surface area contributed by atoms with Crippen LogP contribution in [0.5, 0.6) is 5.75 Å². The highest BCUT2D eigenvalue weighted by molar-refractivity contribution is 14.2. The van der Waals surface area contributed by atoms with Gasteiger partial charge in [-0.1, -0.05) is 112 Å². The summed E-state index contributed by atoms with van der Waals surface area (Å²) >= 11 is 4.55. The first kappa shape index (κ1) is 36.0. The quantitative estimate of drug-likeness (QED) is 0.0858. The zero-order valence-corrected chi connectivity index (χ0v) is 31.4. The number of halogens is 2. The number of carbonyl (C=O) groups excluding carboxylic acids is 2. The van der Waals surface area contributed by atoms with Gasteiger partial charge in [0.2, 0.25) is 0 Å². The third-order valence-electron chi connectivity index (χ3n) is 8.38. The number of esters is 1. The molecule has 1 aliphatic heterocycles. The summed E-state index contributed by atoms with van der Waals surface area (Å²) in [5.74, 6) is 0.260. The van der Waals surface area contributed by atoms with Crippen LogP contribution < -0.4 is 15.0 Å². The second-order valence-corrected chi connectivity index (χ2v) is 17.5. The van der Waals surface area contributed by atoms with Crippen molar-refractivity contribution in [1.29, 1.82) is 0 Å². The first-order chi connectivity index (χ1) is 23.2. The van der Waals surface area contributed by atoms with E-state index in [9.17, 15) is 14.7 Å². The van der Waals surface area contributed by atoms with Gasteiger partial charge in [0, 0.05) is 25.2 Å². The largest absolute Gasteiger partial charge is 0.485 e. The maximum Gasteiger partial charge on any atom is 0.325 e. The average molecular weight is 875 g/mol. The highest BCUT2D eigenvalue weighted by Gasteiger charge is 2.26. The number of amides is 1. The van der Waals surface area contributed by atoms with Crippen LogP contribution >= 0.6 is 45.2 Å². The molecule has 1 saturated heterocycles. The van der Waals surface area contributed by atoms with Crippen LogP contribution in [-0.4, -0.2) is 59.8 Å². The molecule has 0 bridgehead atoms. The van der Waals surface area contributed by atoms with E-state index in [2.05, 4.69) is 109 Å². The van der Waals surface area contributed by atoms with Gasteiger partial charge in [-0.2, -0.15) is 0 Å². The standard InChI is InChI=1S/C37H40I2N4O5/c1-3-47-33(45)22-40-36(46)34-35(48-23-27-7-5-4-6-8-27)25(2)41-32(42-34)21-26-17-19-43(20-18-26)31-15-11-29(12-16-31)28-9-13-30(14-10-28)37(38,39)24-44/h4-16,26,44H,3,17-24H2,1-2H3,(H,40,46). The molecule has 2 N–H and O–H groups in total. The molecule has 2 heterocycles. The van der Waals surface area contributed by atoms with Crippen molar-refractivity contribution >= 4 is 62.7 Å². The van der Waals surface area contributed by atoms with E-state index in [-0.39, 0.29) is 33.5 Å². The van der Waals surface area contributed by atoms with E-state index in [4.69, 9.17) is 14.5 Å². The summed E-state index contributed by atoms with van der Waals surface area (Å²) in [5, 5.41) is 12.3. The number of nitrogens with zero attached hydrogens (tertiary/aromatic N) is 3. The topological polar surface area (TPSA) is 114 Å². The second-order valence-electron chi connectivity index (χ2n) is 11.8. The highest BCUT2D eigenvalue weighted by atomic mass is 127. The minimum Gasteiger partial charge on any atom is -0.485 e. The number of aromatic nitrogens is 2. The first-order valence-corrected chi connectivity index (χ1v) is 18.2. The summed E-state index contributed by atoms with van der Waals surface area (Å²) in [6.45, 7) is 5.70. The van der Waals surface area contributed by atoms with E-state index >= 15 is 0 Å². The lowest BCUT2D eigenvalue weighted by atomic mass is 9.92. The summed E-state index contributed by atoms with van der Waals surface area (Å²) in [4.78, 5) is 37.0. The van der Waals surface area contributed by atoms with Crippen molar-refractivity contribution < 1.29 is 24.2 Å². The molecule has 48 heavy (non-hydrogen) atoms. The molecular formula is C37H40I2N4O5. The van der Waals surface area contributed by atoms with E-state index < -0.39 is 11.9 Å². The Labute approximate surface area is 309 Å². The number of hydrogen-bond donors (Lipinski definition) is 2. The summed E-state index contributed by atoms with van der Waals surface area (Å²) in [6.07, 6.45) is 2.59. The minimum absolute atomic E-state index is 0.0820. The number of aliphatic hydroxyl groups is 1. The van der Waals surface area contributed by atoms with Crippen molar-refractivity contribution in [3.63, 3.8) is 0 Å². The number of piperidine rings is 1. The Morgan fingerprint density at radius 2 is 1.60 bits per heavy atom. The molecule has 5 rings (SSSR count). The van der Waals surface area contributed by atoms with Gasteiger partial charge in [0.25, 0.3) is 5.91 Å². The fraction of sp³-hybridized carbons (Fsp3) is 0.351. The molecule has 252 valence electrons. The number of aryl methyl sites for hydroxylation is 1. The van der Waals surface area contributed by atoms with Crippen LogP contribution in [0.2, 0.25) is 0 Å². The predicted molar refractivity (Wildman–Crippen MR) is 204 cm³/mol. The lowest BCUT2D eigenvalue weighted by Gasteiger charge is -2.33. The molecule has 1 amide bonds. The van der Waals surface area contributed by atoms with Crippen LogP contribution in [0.1, 0.15) is 52.9 Å². The maximum absolute atomic E-state index is 13.3. The normalized spacial score (nSPS) is 13.6. The maximum atomic E-state index is 13.3. The van der Waals surface area contributed by atoms with Gasteiger partial charge in [0.15, 0.2) is 11.4 Å². The Bertz CT molecular complexity index is 1680. The van der Waals surface area contributed by atoms with Crippen LogP contribution in [0.3, 0.4) is 0 Å². The van der Waals surface area contributed by atoms with Crippen molar-refractivity contribution in [2.75, 3.05) is 37.7 Å². The number of ether oxygens (including phenoxy) is 2. The lowest BCUT2D eigenvalue weighted by Crippen LogP contribution is -2.35. The lowest BCUT2D eigenvalue weighted by molar-refractivity contribution is -0.141. The molecule has 0 spiro atoms. The molecule has 0 saturated carbocycles. The van der Waals surface area contributed by atoms with Gasteiger partial charge in [0.05, 0.1) is 18.9 Å². The molecule has 0 atom stereocenters. The number of carbonyl (C=O) groups is 2. The minimum atomic E-state index is -0.513. The van der Waals surface area contributed by atoms with Crippen LogP contribution in [0.25, 0.3) is 11.1 Å². The van der Waals surface area contributed by atoms with Crippen molar-refractivity contribution in [2.24, 2.45) is 5.92 Å². The number of benzene rings is 3. The van der Waals surface area contributed by atoms with Crippen molar-refractivity contribution in [3.05, 3.63) is 107 Å². The van der Waals surface area contributed by atoms with Crippen molar-refractivity contribution in [1.82, 2.24) is 15.3 Å². The Kier molecular flexibility index (Phi) is 12.7. The van der Waals surface area contributed by atoms with Gasteiger partial charge < -0.3 is 24.8 Å². The van der Waals surface area contributed by atoms with Gasteiger partial charge in [-0.25, -0.2) is 9.97 Å². The van der Waals surface area contributed by atoms with E-state index in [1.165, 1.54) is 5.69 Å². The smallest absolute Gasteiger partial charge is 0.325 e. The fourth-order valence-corrected chi connectivity index (χ4v) is 6.45. The number of alkyl halides is 2. The van der Waals surface area contributed by atoms with E-state index in [0.29, 0.717) is 29.6 Å². The zero-order chi connectivity index (χ0) is 34.1. The Balaban J connectivity index is 1.22. The van der Waals surface area contributed by atoms with Gasteiger partial charge in [-0.05, 0) is 67.0 Å². The van der Waals surface area contributed by atoms with Crippen molar-refractivity contribution in [2.45, 2.75) is 41.1 Å². The highest BCUT2D eigenvalue weighted by Crippen LogP contribution is 2.39. The van der Waals surface area contributed by atoms with Crippen molar-refractivity contribution in [3.8, 4) is 16.9 Å². The summed E-state index contributed by atoms with van der Waals surface area (Å²) in [6, 6.07) is 26.8. The predicted octanol–water partition coefficient (Wildman–Crippen LogP) is 6.80. The van der Waals surface area contributed by atoms with Crippen LogP contribution in [-0.2, 0) is 24.0 Å². The molecule has 0 unspecified atom stereocenters. The summed E-state index contributed by atoms with van der Waals surface area (Å²) in [5.41, 5.74) is 6.25.